The van der Waals surface area contributed by atoms with Crippen molar-refractivity contribution in [3.63, 3.8) is 0 Å². The number of aromatic nitrogens is 1. The van der Waals surface area contributed by atoms with Crippen molar-refractivity contribution < 1.29 is 18.0 Å². The molecule has 0 saturated carbocycles. The predicted octanol–water partition coefficient (Wildman–Crippen LogP) is 2.10. The lowest BCUT2D eigenvalue weighted by atomic mass is 10.1. The molecule has 1 saturated heterocycles. The van der Waals surface area contributed by atoms with Crippen LogP contribution in [0.2, 0.25) is 0 Å². The molecule has 2 heterocycles. The molecule has 2 rings (SSSR count). The molecule has 1 unspecified atom stereocenters. The zero-order valence-electron chi connectivity index (χ0n) is 14.2. The van der Waals surface area contributed by atoms with Gasteiger partial charge in [-0.05, 0) is 18.1 Å². The number of carbonyl (C=O) groups is 1. The van der Waals surface area contributed by atoms with Crippen molar-refractivity contribution in [2.75, 3.05) is 51.7 Å². The van der Waals surface area contributed by atoms with Crippen LogP contribution < -0.4 is 4.90 Å². The Balaban J connectivity index is 2.09. The quantitative estimate of drug-likeness (QED) is 0.842. The fourth-order valence-electron chi connectivity index (χ4n) is 2.88. The number of carbonyl (C=O) groups excluding carboxylic acids is 1. The molecule has 0 aliphatic carbocycles. The van der Waals surface area contributed by atoms with Crippen LogP contribution in [0.1, 0.15) is 17.3 Å². The van der Waals surface area contributed by atoms with Crippen LogP contribution in [0.25, 0.3) is 0 Å². The van der Waals surface area contributed by atoms with Crippen LogP contribution in [0.15, 0.2) is 18.3 Å². The molecule has 24 heavy (non-hydrogen) atoms. The van der Waals surface area contributed by atoms with Crippen LogP contribution in [0.3, 0.4) is 0 Å². The van der Waals surface area contributed by atoms with E-state index < -0.39 is 12.7 Å². The van der Waals surface area contributed by atoms with Crippen LogP contribution in [-0.4, -0.2) is 73.7 Å². The second kappa shape index (κ2) is 7.38. The summed E-state index contributed by atoms with van der Waals surface area (Å²) in [6.45, 7) is 2.24. The molecule has 1 atom stereocenters. The number of anilines is 1. The molecular formula is C16H23F3N4O. The van der Waals surface area contributed by atoms with E-state index >= 15 is 0 Å². The van der Waals surface area contributed by atoms with E-state index in [1.54, 1.807) is 28.1 Å². The number of alkyl halides is 3. The van der Waals surface area contributed by atoms with E-state index in [1.165, 1.54) is 4.90 Å². The zero-order chi connectivity index (χ0) is 17.9. The molecular weight excluding hydrogens is 321 g/mol. The normalized spacial score (nSPS) is 19.9. The highest BCUT2D eigenvalue weighted by Gasteiger charge is 2.33. The smallest absolute Gasteiger partial charge is 0.363 e. The standard InChI is InChI=1S/C16H23F3N4O/c1-12-9-22(11-16(17,18)19)6-7-23(10-12)15(24)13-4-5-20-14(8-13)21(2)3/h4-5,8,12H,6-7,9-11H2,1-3H3. The second-order valence-corrected chi connectivity index (χ2v) is 6.50. The first kappa shape index (κ1) is 18.5. The third kappa shape index (κ3) is 5.09. The zero-order valence-corrected chi connectivity index (χ0v) is 14.2. The van der Waals surface area contributed by atoms with Gasteiger partial charge in [0.1, 0.15) is 5.82 Å². The third-order valence-corrected chi connectivity index (χ3v) is 3.93. The SMILES string of the molecule is CC1CN(CC(F)(F)F)CCN(C(=O)c2ccnc(N(C)C)c2)C1. The van der Waals surface area contributed by atoms with E-state index in [0.29, 0.717) is 31.0 Å². The first-order valence-electron chi connectivity index (χ1n) is 7.87. The number of rotatable bonds is 3. The van der Waals surface area contributed by atoms with Gasteiger partial charge >= 0.3 is 6.18 Å². The van der Waals surface area contributed by atoms with Crippen molar-refractivity contribution in [2.45, 2.75) is 13.1 Å². The highest BCUT2D eigenvalue weighted by molar-refractivity contribution is 5.94. The highest BCUT2D eigenvalue weighted by atomic mass is 19.4. The summed E-state index contributed by atoms with van der Waals surface area (Å²) in [4.78, 5) is 21.7. The highest BCUT2D eigenvalue weighted by Crippen LogP contribution is 2.20. The molecule has 0 radical (unpaired) electrons. The predicted molar refractivity (Wildman–Crippen MR) is 86.1 cm³/mol. The van der Waals surface area contributed by atoms with Crippen LogP contribution in [-0.2, 0) is 0 Å². The van der Waals surface area contributed by atoms with E-state index in [9.17, 15) is 18.0 Å². The van der Waals surface area contributed by atoms with Gasteiger partial charge in [0.25, 0.3) is 5.91 Å². The fourth-order valence-corrected chi connectivity index (χ4v) is 2.88. The molecule has 1 aromatic heterocycles. The lowest BCUT2D eigenvalue weighted by molar-refractivity contribution is -0.146. The maximum absolute atomic E-state index is 12.7. The summed E-state index contributed by atoms with van der Waals surface area (Å²) >= 11 is 0. The molecule has 134 valence electrons. The van der Waals surface area contributed by atoms with Crippen molar-refractivity contribution in [3.05, 3.63) is 23.9 Å². The molecule has 0 N–H and O–H groups in total. The van der Waals surface area contributed by atoms with Gasteiger partial charge in [-0.3, -0.25) is 9.69 Å². The number of nitrogens with zero attached hydrogens (tertiary/aromatic N) is 4. The van der Waals surface area contributed by atoms with Crippen molar-refractivity contribution in [3.8, 4) is 0 Å². The van der Waals surface area contributed by atoms with E-state index in [4.69, 9.17) is 0 Å². The van der Waals surface area contributed by atoms with Crippen LogP contribution in [0, 0.1) is 5.92 Å². The maximum Gasteiger partial charge on any atom is 0.401 e. The van der Waals surface area contributed by atoms with Gasteiger partial charge in [-0.25, -0.2) is 4.98 Å². The van der Waals surface area contributed by atoms with E-state index in [0.717, 1.165) is 0 Å². The van der Waals surface area contributed by atoms with Crippen LogP contribution >= 0.6 is 0 Å². The van der Waals surface area contributed by atoms with Crippen molar-refractivity contribution in [1.82, 2.24) is 14.8 Å². The Kier molecular flexibility index (Phi) is 5.69. The Morgan fingerprint density at radius 1 is 1.33 bits per heavy atom. The lowest BCUT2D eigenvalue weighted by Crippen LogP contribution is -2.38. The van der Waals surface area contributed by atoms with Crippen molar-refractivity contribution in [2.24, 2.45) is 5.92 Å². The molecule has 0 aromatic carbocycles. The molecule has 8 heteroatoms. The topological polar surface area (TPSA) is 39.7 Å². The average Bonchev–Trinajstić information content (AvgIpc) is 2.66. The molecule has 1 aromatic rings. The molecule has 1 fully saturated rings. The van der Waals surface area contributed by atoms with Crippen LogP contribution in [0.5, 0.6) is 0 Å². The first-order valence-corrected chi connectivity index (χ1v) is 7.87. The molecule has 1 aliphatic heterocycles. The van der Waals surface area contributed by atoms with E-state index in [2.05, 4.69) is 4.98 Å². The van der Waals surface area contributed by atoms with Gasteiger partial charge in [0.2, 0.25) is 0 Å². The molecule has 0 bridgehead atoms. The largest absolute Gasteiger partial charge is 0.401 e. The van der Waals surface area contributed by atoms with Gasteiger partial charge in [-0.2, -0.15) is 13.2 Å². The molecule has 0 spiro atoms. The summed E-state index contributed by atoms with van der Waals surface area (Å²) < 4.78 is 37.8. The number of halogens is 3. The molecule has 1 amide bonds. The monoisotopic (exact) mass is 344 g/mol. The Labute approximate surface area is 140 Å². The Morgan fingerprint density at radius 3 is 2.67 bits per heavy atom. The number of hydrogen-bond donors (Lipinski definition) is 0. The van der Waals surface area contributed by atoms with E-state index in [-0.39, 0.29) is 18.4 Å². The van der Waals surface area contributed by atoms with Crippen molar-refractivity contribution in [1.29, 1.82) is 0 Å². The average molecular weight is 344 g/mol. The summed E-state index contributed by atoms with van der Waals surface area (Å²) in [6.07, 6.45) is -2.65. The summed E-state index contributed by atoms with van der Waals surface area (Å²) in [5.74, 6) is 0.484. The summed E-state index contributed by atoms with van der Waals surface area (Å²) in [5.41, 5.74) is 0.505. The van der Waals surface area contributed by atoms with Crippen molar-refractivity contribution >= 4 is 11.7 Å². The van der Waals surface area contributed by atoms with Gasteiger partial charge in [0.05, 0.1) is 6.54 Å². The Morgan fingerprint density at radius 2 is 2.04 bits per heavy atom. The second-order valence-electron chi connectivity index (χ2n) is 6.50. The summed E-state index contributed by atoms with van der Waals surface area (Å²) in [5, 5.41) is 0. The molecule has 5 nitrogen and oxygen atoms in total. The fraction of sp³-hybridized carbons (Fsp3) is 0.625. The van der Waals surface area contributed by atoms with Gasteiger partial charge in [-0.15, -0.1) is 0 Å². The lowest BCUT2D eigenvalue weighted by Gasteiger charge is -2.23. The Bertz CT molecular complexity index is 577. The minimum absolute atomic E-state index is 0.0195. The number of hydrogen-bond acceptors (Lipinski definition) is 4. The van der Waals surface area contributed by atoms with Crippen LogP contribution in [0.4, 0.5) is 19.0 Å². The van der Waals surface area contributed by atoms with Gasteiger partial charge in [0, 0.05) is 52.0 Å². The third-order valence-electron chi connectivity index (χ3n) is 3.93. The summed E-state index contributed by atoms with van der Waals surface area (Å²) in [6, 6.07) is 3.34. The number of pyridine rings is 1. The van der Waals surface area contributed by atoms with E-state index in [1.807, 2.05) is 21.0 Å². The van der Waals surface area contributed by atoms with Gasteiger partial charge in [-0.1, -0.05) is 6.92 Å². The molecule has 1 aliphatic rings. The van der Waals surface area contributed by atoms with Gasteiger partial charge in [0.15, 0.2) is 0 Å². The van der Waals surface area contributed by atoms with Gasteiger partial charge < -0.3 is 9.80 Å². The minimum Gasteiger partial charge on any atom is -0.363 e. The number of amides is 1. The minimum atomic E-state index is -4.22. The maximum atomic E-state index is 12.7. The summed E-state index contributed by atoms with van der Waals surface area (Å²) in [7, 11) is 3.67. The Hall–Kier alpha value is -1.83. The first-order chi connectivity index (χ1) is 11.2.